The molecular weight excluding hydrogens is 244 g/mol. The van der Waals surface area contributed by atoms with Crippen LogP contribution in [0.2, 0.25) is 0 Å². The van der Waals surface area contributed by atoms with Gasteiger partial charge in [0.15, 0.2) is 5.43 Å². The van der Waals surface area contributed by atoms with Crippen molar-refractivity contribution in [2.75, 3.05) is 0 Å². The third-order valence-corrected chi connectivity index (χ3v) is 2.70. The van der Waals surface area contributed by atoms with E-state index in [1.54, 1.807) is 28.8 Å². The van der Waals surface area contributed by atoms with Crippen LogP contribution in [-0.2, 0) is 6.54 Å². The molecule has 0 aliphatic rings. The van der Waals surface area contributed by atoms with Gasteiger partial charge in [0.25, 0.3) is 0 Å². The molecule has 2 aromatic rings. The normalized spacial score (nSPS) is 9.84. The van der Waals surface area contributed by atoms with Gasteiger partial charge in [-0.05, 0) is 11.6 Å². The number of nitrogens with zero attached hydrogens (tertiary/aromatic N) is 2. The Balaban J connectivity index is 2.40. The fraction of sp³-hybridized carbons (Fsp3) is 0.0714. The van der Waals surface area contributed by atoms with Gasteiger partial charge in [0.2, 0.25) is 0 Å². The molecular formula is C14H10N2O3. The first kappa shape index (κ1) is 12.6. The van der Waals surface area contributed by atoms with Crippen LogP contribution in [0.15, 0.2) is 47.5 Å². The van der Waals surface area contributed by atoms with Gasteiger partial charge in [0.05, 0.1) is 11.6 Å². The zero-order valence-corrected chi connectivity index (χ0v) is 9.91. The third kappa shape index (κ3) is 2.69. The molecule has 0 unspecified atom stereocenters. The Kier molecular flexibility index (Phi) is 3.44. The molecule has 19 heavy (non-hydrogen) atoms. The molecule has 0 saturated heterocycles. The molecule has 5 heteroatoms. The van der Waals surface area contributed by atoms with E-state index in [-0.39, 0.29) is 5.56 Å². The van der Waals surface area contributed by atoms with Crippen molar-refractivity contribution in [2.45, 2.75) is 6.54 Å². The number of rotatable bonds is 3. The van der Waals surface area contributed by atoms with Crippen LogP contribution in [0.25, 0.3) is 0 Å². The van der Waals surface area contributed by atoms with Crippen molar-refractivity contribution in [3.8, 4) is 6.07 Å². The molecule has 0 atom stereocenters. The minimum atomic E-state index is -1.26. The molecule has 0 fully saturated rings. The highest BCUT2D eigenvalue weighted by Gasteiger charge is 2.09. The van der Waals surface area contributed by atoms with Crippen LogP contribution in [0.1, 0.15) is 21.5 Å². The number of carboxylic acids is 1. The van der Waals surface area contributed by atoms with E-state index in [0.29, 0.717) is 12.1 Å². The lowest BCUT2D eigenvalue weighted by atomic mass is 10.1. The minimum absolute atomic E-state index is 0.281. The molecule has 0 amide bonds. The van der Waals surface area contributed by atoms with Crippen LogP contribution in [-0.4, -0.2) is 15.6 Å². The van der Waals surface area contributed by atoms with Gasteiger partial charge in [-0.1, -0.05) is 18.2 Å². The largest absolute Gasteiger partial charge is 0.477 e. The number of carbonyl (C=O) groups is 1. The summed E-state index contributed by atoms with van der Waals surface area (Å²) < 4.78 is 1.57. The highest BCUT2D eigenvalue weighted by molar-refractivity contribution is 5.86. The summed E-state index contributed by atoms with van der Waals surface area (Å²) in [4.78, 5) is 22.2. The highest BCUT2D eigenvalue weighted by atomic mass is 16.4. The third-order valence-electron chi connectivity index (χ3n) is 2.70. The number of pyridine rings is 1. The van der Waals surface area contributed by atoms with Crippen molar-refractivity contribution >= 4 is 5.97 Å². The molecule has 2 rings (SSSR count). The maximum Gasteiger partial charge on any atom is 0.341 e. The van der Waals surface area contributed by atoms with Gasteiger partial charge in [-0.15, -0.1) is 0 Å². The predicted octanol–water partition coefficient (Wildman–Crippen LogP) is 1.47. The number of hydrogen-bond donors (Lipinski definition) is 1. The Morgan fingerprint density at radius 2 is 2.05 bits per heavy atom. The van der Waals surface area contributed by atoms with Crippen LogP contribution in [0, 0.1) is 11.3 Å². The van der Waals surface area contributed by atoms with Crippen molar-refractivity contribution < 1.29 is 9.90 Å². The summed E-state index contributed by atoms with van der Waals surface area (Å²) in [5.74, 6) is -1.26. The van der Waals surface area contributed by atoms with E-state index in [2.05, 4.69) is 6.07 Å². The van der Waals surface area contributed by atoms with Crippen molar-refractivity contribution in [1.82, 2.24) is 4.57 Å². The maximum absolute atomic E-state index is 11.3. The fourth-order valence-electron chi connectivity index (χ4n) is 1.75. The number of hydrogen-bond acceptors (Lipinski definition) is 3. The monoisotopic (exact) mass is 254 g/mol. The first-order chi connectivity index (χ1) is 9.11. The average molecular weight is 254 g/mol. The Bertz CT molecular complexity index is 726. The number of carboxylic acid groups (broad SMARTS) is 1. The Morgan fingerprint density at radius 3 is 2.74 bits per heavy atom. The van der Waals surface area contributed by atoms with Gasteiger partial charge in [0.1, 0.15) is 5.56 Å². The molecule has 1 aromatic heterocycles. The fourth-order valence-corrected chi connectivity index (χ4v) is 1.75. The molecule has 0 aliphatic carbocycles. The zero-order chi connectivity index (χ0) is 13.8. The number of benzene rings is 1. The van der Waals surface area contributed by atoms with E-state index in [1.165, 1.54) is 18.5 Å². The summed E-state index contributed by atoms with van der Waals surface area (Å²) in [5.41, 5.74) is 0.484. The van der Waals surface area contributed by atoms with Crippen LogP contribution in [0.4, 0.5) is 0 Å². The van der Waals surface area contributed by atoms with Gasteiger partial charge in [-0.25, -0.2) is 4.79 Å². The van der Waals surface area contributed by atoms with Crippen LogP contribution in [0.3, 0.4) is 0 Å². The van der Waals surface area contributed by atoms with Crippen molar-refractivity contribution in [2.24, 2.45) is 0 Å². The van der Waals surface area contributed by atoms with Gasteiger partial charge < -0.3 is 9.67 Å². The van der Waals surface area contributed by atoms with Gasteiger partial charge in [-0.2, -0.15) is 5.26 Å². The Hall–Kier alpha value is -2.87. The lowest BCUT2D eigenvalue weighted by molar-refractivity contribution is 0.0694. The second kappa shape index (κ2) is 5.19. The standard InChI is InChI=1S/C14H10N2O3/c15-7-10-3-1-2-4-11(10)8-16-6-5-13(17)12(9-16)14(18)19/h1-6,9H,8H2,(H,18,19). The van der Waals surface area contributed by atoms with E-state index in [0.717, 1.165) is 5.56 Å². The molecule has 1 N–H and O–H groups in total. The smallest absolute Gasteiger partial charge is 0.341 e. The van der Waals surface area contributed by atoms with E-state index in [1.807, 2.05) is 0 Å². The first-order valence-electron chi connectivity index (χ1n) is 5.53. The van der Waals surface area contributed by atoms with Crippen LogP contribution in [0.5, 0.6) is 0 Å². The second-order valence-corrected chi connectivity index (χ2v) is 3.97. The highest BCUT2D eigenvalue weighted by Crippen LogP contribution is 2.09. The molecule has 0 saturated carbocycles. The molecule has 0 bridgehead atoms. The van der Waals surface area contributed by atoms with E-state index >= 15 is 0 Å². The summed E-state index contributed by atoms with van der Waals surface area (Å²) in [6.07, 6.45) is 2.78. The van der Waals surface area contributed by atoms with Gasteiger partial charge in [-0.3, -0.25) is 4.79 Å². The van der Waals surface area contributed by atoms with Crippen LogP contribution >= 0.6 is 0 Å². The lowest BCUT2D eigenvalue weighted by Gasteiger charge is -2.08. The predicted molar refractivity (Wildman–Crippen MR) is 67.9 cm³/mol. The van der Waals surface area contributed by atoms with Crippen molar-refractivity contribution in [3.63, 3.8) is 0 Å². The van der Waals surface area contributed by atoms with E-state index in [9.17, 15) is 9.59 Å². The summed E-state index contributed by atoms with van der Waals surface area (Å²) in [7, 11) is 0. The van der Waals surface area contributed by atoms with E-state index in [4.69, 9.17) is 10.4 Å². The Morgan fingerprint density at radius 1 is 1.32 bits per heavy atom. The average Bonchev–Trinajstić information content (AvgIpc) is 2.41. The van der Waals surface area contributed by atoms with E-state index < -0.39 is 11.4 Å². The molecule has 0 aliphatic heterocycles. The number of aromatic carboxylic acids is 1. The van der Waals surface area contributed by atoms with Gasteiger partial charge in [0, 0.05) is 25.0 Å². The maximum atomic E-state index is 11.3. The van der Waals surface area contributed by atoms with Gasteiger partial charge >= 0.3 is 5.97 Å². The Labute approximate surface area is 109 Å². The molecule has 5 nitrogen and oxygen atoms in total. The molecule has 0 spiro atoms. The van der Waals surface area contributed by atoms with Crippen molar-refractivity contribution in [3.05, 3.63) is 69.6 Å². The molecule has 94 valence electrons. The van der Waals surface area contributed by atoms with Crippen LogP contribution < -0.4 is 5.43 Å². The number of aromatic nitrogens is 1. The lowest BCUT2D eigenvalue weighted by Crippen LogP contribution is -2.17. The summed E-state index contributed by atoms with van der Waals surface area (Å²) in [6.45, 7) is 0.338. The number of nitriles is 1. The summed E-state index contributed by atoms with van der Waals surface area (Å²) in [5, 5.41) is 17.9. The second-order valence-electron chi connectivity index (χ2n) is 3.97. The minimum Gasteiger partial charge on any atom is -0.477 e. The first-order valence-corrected chi connectivity index (χ1v) is 5.53. The summed E-state index contributed by atoms with van der Waals surface area (Å²) >= 11 is 0. The topological polar surface area (TPSA) is 83.1 Å². The summed E-state index contributed by atoms with van der Waals surface area (Å²) in [6, 6.07) is 10.3. The molecule has 1 heterocycles. The zero-order valence-electron chi connectivity index (χ0n) is 9.91. The van der Waals surface area contributed by atoms with Crippen molar-refractivity contribution in [1.29, 1.82) is 5.26 Å². The quantitative estimate of drug-likeness (QED) is 0.898. The SMILES string of the molecule is N#Cc1ccccc1Cn1ccc(=O)c(C(=O)O)c1. The molecule has 1 aromatic carbocycles. The molecule has 0 radical (unpaired) electrons.